The van der Waals surface area contributed by atoms with Gasteiger partial charge in [-0.25, -0.2) is 4.68 Å². The summed E-state index contributed by atoms with van der Waals surface area (Å²) in [5.41, 5.74) is 2.11. The number of carbonyl (C=O) groups excluding carboxylic acids is 1. The Bertz CT molecular complexity index is 646. The van der Waals surface area contributed by atoms with Crippen molar-refractivity contribution in [2.24, 2.45) is 0 Å². The minimum absolute atomic E-state index is 0.0596. The minimum Gasteiger partial charge on any atom is -0.480 e. The van der Waals surface area contributed by atoms with Crippen LogP contribution in [0.2, 0.25) is 0 Å². The molecule has 0 aliphatic heterocycles. The van der Waals surface area contributed by atoms with Crippen molar-refractivity contribution in [3.8, 4) is 0 Å². The van der Waals surface area contributed by atoms with E-state index in [1.807, 2.05) is 0 Å². The Kier molecular flexibility index (Phi) is 4.52. The molecule has 0 bridgehead atoms. The van der Waals surface area contributed by atoms with Crippen molar-refractivity contribution in [2.45, 2.75) is 25.5 Å². The third kappa shape index (κ3) is 3.78. The normalized spacial score (nSPS) is 10.6. The number of rotatable bonds is 6. The summed E-state index contributed by atoms with van der Waals surface area (Å²) < 4.78 is 1.12. The zero-order valence-corrected chi connectivity index (χ0v) is 12.1. The van der Waals surface area contributed by atoms with Crippen LogP contribution < -0.4 is 5.32 Å². The van der Waals surface area contributed by atoms with E-state index in [4.69, 9.17) is 5.11 Å². The molecule has 0 aromatic carbocycles. The van der Waals surface area contributed by atoms with Gasteiger partial charge in [0.2, 0.25) is 11.1 Å². The Morgan fingerprint density at radius 2 is 2.19 bits per heavy atom. The molecule has 0 saturated carbocycles. The zero-order valence-electron chi connectivity index (χ0n) is 11.3. The number of tetrazole rings is 1. The second-order valence-corrected chi connectivity index (χ2v) is 5.10. The molecule has 11 heteroatoms. The average molecular weight is 311 g/mol. The number of nitrogens with zero attached hydrogens (tertiary/aromatic N) is 5. The van der Waals surface area contributed by atoms with E-state index in [-0.39, 0.29) is 23.4 Å². The second kappa shape index (κ2) is 6.35. The molecular formula is C10H13N7O3S. The monoisotopic (exact) mass is 311 g/mol. The highest BCUT2D eigenvalue weighted by Gasteiger charge is 2.14. The Labute approximate surface area is 123 Å². The van der Waals surface area contributed by atoms with Crippen LogP contribution in [0.25, 0.3) is 0 Å². The Hall–Kier alpha value is -2.43. The summed E-state index contributed by atoms with van der Waals surface area (Å²) >= 11 is 1.06. The lowest BCUT2D eigenvalue weighted by atomic mass is 10.3. The summed E-state index contributed by atoms with van der Waals surface area (Å²) in [6, 6.07) is 0. The van der Waals surface area contributed by atoms with Gasteiger partial charge in [0.1, 0.15) is 6.54 Å². The van der Waals surface area contributed by atoms with Crippen molar-refractivity contribution < 1.29 is 14.7 Å². The maximum atomic E-state index is 11.9. The van der Waals surface area contributed by atoms with Crippen LogP contribution in [0.1, 0.15) is 11.4 Å². The number of H-pyrrole nitrogens is 1. The highest BCUT2D eigenvalue weighted by molar-refractivity contribution is 7.99. The van der Waals surface area contributed by atoms with Crippen molar-refractivity contribution in [3.63, 3.8) is 0 Å². The predicted molar refractivity (Wildman–Crippen MR) is 72.9 cm³/mol. The maximum Gasteiger partial charge on any atom is 0.325 e. The molecule has 1 amide bonds. The maximum absolute atomic E-state index is 11.9. The summed E-state index contributed by atoms with van der Waals surface area (Å²) in [5, 5.41) is 29.1. The van der Waals surface area contributed by atoms with E-state index in [9.17, 15) is 9.59 Å². The number of carboxylic acids is 1. The van der Waals surface area contributed by atoms with Crippen LogP contribution in [-0.4, -0.2) is 53.1 Å². The van der Waals surface area contributed by atoms with Gasteiger partial charge in [0.25, 0.3) is 0 Å². The largest absolute Gasteiger partial charge is 0.480 e. The van der Waals surface area contributed by atoms with Crippen molar-refractivity contribution in [1.29, 1.82) is 0 Å². The van der Waals surface area contributed by atoms with Gasteiger partial charge in [0, 0.05) is 0 Å². The van der Waals surface area contributed by atoms with Crippen LogP contribution >= 0.6 is 11.8 Å². The third-order valence-corrected chi connectivity index (χ3v) is 3.47. The fourth-order valence-corrected chi connectivity index (χ4v) is 2.24. The summed E-state index contributed by atoms with van der Waals surface area (Å²) in [6.45, 7) is 3.23. The first-order valence-corrected chi connectivity index (χ1v) is 6.88. The molecule has 0 aliphatic rings. The van der Waals surface area contributed by atoms with Crippen LogP contribution in [0.3, 0.4) is 0 Å². The number of amides is 1. The number of aryl methyl sites for hydroxylation is 2. The Balaban J connectivity index is 1.93. The number of hydrogen-bond acceptors (Lipinski definition) is 7. The van der Waals surface area contributed by atoms with E-state index >= 15 is 0 Å². The fourth-order valence-electron chi connectivity index (χ4n) is 1.57. The van der Waals surface area contributed by atoms with E-state index in [0.29, 0.717) is 11.4 Å². The fraction of sp³-hybridized carbons (Fsp3) is 0.400. The Morgan fingerprint density at radius 1 is 1.43 bits per heavy atom. The molecule has 0 fully saturated rings. The van der Waals surface area contributed by atoms with Crippen LogP contribution in [0.15, 0.2) is 5.16 Å². The number of hydrogen-bond donors (Lipinski definition) is 3. The van der Waals surface area contributed by atoms with Crippen molar-refractivity contribution >= 4 is 29.3 Å². The molecule has 0 atom stereocenters. The third-order valence-electron chi connectivity index (χ3n) is 2.51. The van der Waals surface area contributed by atoms with Gasteiger partial charge in [-0.05, 0) is 24.3 Å². The van der Waals surface area contributed by atoms with Gasteiger partial charge in [0.15, 0.2) is 0 Å². The molecule has 0 radical (unpaired) electrons. The molecule has 2 aromatic rings. The standard InChI is InChI=1S/C10H13N7O3S/c1-5-9(6(2)13-12-5)11-7(18)4-21-10-14-15-16-17(10)3-8(19)20/h3-4H2,1-2H3,(H,11,18)(H,12,13)(H,19,20). The van der Waals surface area contributed by atoms with Gasteiger partial charge in [-0.15, -0.1) is 5.10 Å². The summed E-state index contributed by atoms with van der Waals surface area (Å²) in [4.78, 5) is 22.5. The lowest BCUT2D eigenvalue weighted by Gasteiger charge is -2.04. The molecule has 10 nitrogen and oxygen atoms in total. The van der Waals surface area contributed by atoms with Crippen LogP contribution in [0.4, 0.5) is 5.69 Å². The molecular weight excluding hydrogens is 298 g/mol. The van der Waals surface area contributed by atoms with E-state index < -0.39 is 5.97 Å². The van der Waals surface area contributed by atoms with E-state index in [1.165, 1.54) is 0 Å². The van der Waals surface area contributed by atoms with E-state index in [1.54, 1.807) is 13.8 Å². The number of nitrogens with one attached hydrogen (secondary N) is 2. The topological polar surface area (TPSA) is 139 Å². The minimum atomic E-state index is -1.06. The van der Waals surface area contributed by atoms with E-state index in [2.05, 4.69) is 31.0 Å². The van der Waals surface area contributed by atoms with Crippen LogP contribution in [-0.2, 0) is 16.1 Å². The predicted octanol–water partition coefficient (Wildman–Crippen LogP) is -0.172. The lowest BCUT2D eigenvalue weighted by Crippen LogP contribution is -2.16. The average Bonchev–Trinajstić information content (AvgIpc) is 2.97. The number of aliphatic carboxylic acids is 1. The molecule has 2 rings (SSSR count). The summed E-state index contributed by atoms with van der Waals surface area (Å²) in [7, 11) is 0. The number of aromatic amines is 1. The van der Waals surface area contributed by atoms with Gasteiger partial charge in [0.05, 0.1) is 22.8 Å². The van der Waals surface area contributed by atoms with Crippen molar-refractivity contribution in [2.75, 3.05) is 11.1 Å². The molecule has 0 aliphatic carbocycles. The molecule has 112 valence electrons. The smallest absolute Gasteiger partial charge is 0.325 e. The van der Waals surface area contributed by atoms with Crippen LogP contribution in [0, 0.1) is 13.8 Å². The number of carboxylic acid groups (broad SMARTS) is 1. The first-order valence-electron chi connectivity index (χ1n) is 5.89. The molecule has 0 saturated heterocycles. The highest BCUT2D eigenvalue weighted by atomic mass is 32.2. The quantitative estimate of drug-likeness (QED) is 0.625. The number of anilines is 1. The van der Waals surface area contributed by atoms with Gasteiger partial charge in [-0.3, -0.25) is 14.7 Å². The SMILES string of the molecule is Cc1n[nH]c(C)c1NC(=O)CSc1nnnn1CC(=O)O. The molecule has 2 aromatic heterocycles. The lowest BCUT2D eigenvalue weighted by molar-refractivity contribution is -0.138. The molecule has 0 spiro atoms. The zero-order chi connectivity index (χ0) is 15.4. The highest BCUT2D eigenvalue weighted by Crippen LogP contribution is 2.18. The molecule has 3 N–H and O–H groups in total. The van der Waals surface area contributed by atoms with E-state index in [0.717, 1.165) is 22.1 Å². The van der Waals surface area contributed by atoms with Gasteiger partial charge >= 0.3 is 5.97 Å². The Morgan fingerprint density at radius 3 is 2.81 bits per heavy atom. The van der Waals surface area contributed by atoms with Gasteiger partial charge in [-0.2, -0.15) is 5.10 Å². The molecule has 0 unspecified atom stereocenters. The van der Waals surface area contributed by atoms with Gasteiger partial charge < -0.3 is 10.4 Å². The number of carbonyl (C=O) groups is 2. The number of thioether (sulfide) groups is 1. The van der Waals surface area contributed by atoms with Crippen molar-refractivity contribution in [1.82, 2.24) is 30.4 Å². The number of aromatic nitrogens is 6. The van der Waals surface area contributed by atoms with Crippen LogP contribution in [0.5, 0.6) is 0 Å². The molecule has 21 heavy (non-hydrogen) atoms. The van der Waals surface area contributed by atoms with Gasteiger partial charge in [-0.1, -0.05) is 11.8 Å². The first kappa shape index (κ1) is 15.0. The summed E-state index contributed by atoms with van der Waals surface area (Å²) in [6.07, 6.45) is 0. The second-order valence-electron chi connectivity index (χ2n) is 4.16. The van der Waals surface area contributed by atoms with Crippen molar-refractivity contribution in [3.05, 3.63) is 11.4 Å². The first-order chi connectivity index (χ1) is 9.97. The summed E-state index contributed by atoms with van der Waals surface area (Å²) in [5.74, 6) is -1.25. The molecule has 2 heterocycles.